The van der Waals surface area contributed by atoms with Crippen molar-refractivity contribution in [1.82, 2.24) is 15.0 Å². The normalized spacial score (nSPS) is 10.6. The Kier molecular flexibility index (Phi) is 4.42. The highest BCUT2D eigenvalue weighted by Crippen LogP contribution is 2.17. The molecule has 0 fully saturated rings. The van der Waals surface area contributed by atoms with Crippen LogP contribution in [-0.2, 0) is 6.54 Å². The van der Waals surface area contributed by atoms with Gasteiger partial charge in [-0.1, -0.05) is 53.2 Å². The summed E-state index contributed by atoms with van der Waals surface area (Å²) in [5.74, 6) is -0.237. The molecule has 1 heterocycles. The quantitative estimate of drug-likeness (QED) is 0.800. The molecule has 0 radical (unpaired) electrons. The van der Waals surface area contributed by atoms with Gasteiger partial charge < -0.3 is 5.32 Å². The van der Waals surface area contributed by atoms with Crippen LogP contribution in [-0.4, -0.2) is 20.9 Å². The monoisotopic (exact) mass is 320 g/mol. The van der Waals surface area contributed by atoms with Gasteiger partial charge in [0.15, 0.2) is 5.69 Å². The van der Waals surface area contributed by atoms with Crippen LogP contribution in [0.4, 0.5) is 5.69 Å². The number of anilines is 1. The summed E-state index contributed by atoms with van der Waals surface area (Å²) in [5.41, 5.74) is 5.20. The van der Waals surface area contributed by atoms with E-state index in [4.69, 9.17) is 0 Å². The third-order valence-electron chi connectivity index (χ3n) is 4.00. The smallest absolute Gasteiger partial charge is 0.278 e. The Morgan fingerprint density at radius 1 is 1.08 bits per heavy atom. The maximum atomic E-state index is 12.5. The summed E-state index contributed by atoms with van der Waals surface area (Å²) in [6.45, 7) is 6.45. The van der Waals surface area contributed by atoms with Gasteiger partial charge in [0, 0.05) is 5.69 Å². The number of rotatable bonds is 4. The van der Waals surface area contributed by atoms with Crippen molar-refractivity contribution in [2.75, 3.05) is 5.32 Å². The van der Waals surface area contributed by atoms with Crippen molar-refractivity contribution in [3.63, 3.8) is 0 Å². The predicted octanol–water partition coefficient (Wildman–Crippen LogP) is 3.50. The lowest BCUT2D eigenvalue weighted by atomic mass is 10.1. The van der Waals surface area contributed by atoms with E-state index in [1.807, 2.05) is 69.3 Å². The first-order valence-electron chi connectivity index (χ1n) is 7.87. The zero-order valence-electron chi connectivity index (χ0n) is 14.1. The Labute approximate surface area is 141 Å². The number of carbonyl (C=O) groups excluding carboxylic acids is 1. The van der Waals surface area contributed by atoms with Crippen LogP contribution in [0.1, 0.15) is 32.9 Å². The minimum Gasteiger partial charge on any atom is -0.320 e. The number of carbonyl (C=O) groups is 1. The van der Waals surface area contributed by atoms with Gasteiger partial charge in [-0.05, 0) is 38.0 Å². The van der Waals surface area contributed by atoms with E-state index in [-0.39, 0.29) is 5.91 Å². The fourth-order valence-electron chi connectivity index (χ4n) is 2.61. The molecule has 3 aromatic rings. The second-order valence-corrected chi connectivity index (χ2v) is 5.94. The van der Waals surface area contributed by atoms with Crippen LogP contribution in [0.2, 0.25) is 0 Å². The van der Waals surface area contributed by atoms with Gasteiger partial charge in [-0.3, -0.25) is 4.79 Å². The first-order chi connectivity index (χ1) is 11.5. The van der Waals surface area contributed by atoms with Crippen molar-refractivity contribution in [1.29, 1.82) is 0 Å². The molecular formula is C19H20N4O. The molecule has 24 heavy (non-hydrogen) atoms. The van der Waals surface area contributed by atoms with Gasteiger partial charge in [-0.25, -0.2) is 4.68 Å². The van der Waals surface area contributed by atoms with Crippen molar-refractivity contribution in [3.05, 3.63) is 76.6 Å². The average Bonchev–Trinajstić information content (AvgIpc) is 2.92. The minimum atomic E-state index is -0.237. The first kappa shape index (κ1) is 15.9. The molecule has 5 nitrogen and oxygen atoms in total. The lowest BCUT2D eigenvalue weighted by molar-refractivity contribution is 0.102. The van der Waals surface area contributed by atoms with Gasteiger partial charge in [0.25, 0.3) is 5.91 Å². The number of nitrogens with zero attached hydrogens (tertiary/aromatic N) is 3. The molecule has 0 saturated heterocycles. The summed E-state index contributed by atoms with van der Waals surface area (Å²) in [5, 5.41) is 11.1. The van der Waals surface area contributed by atoms with E-state index in [0.717, 1.165) is 28.1 Å². The summed E-state index contributed by atoms with van der Waals surface area (Å²) in [7, 11) is 0. The summed E-state index contributed by atoms with van der Waals surface area (Å²) in [6, 6.07) is 15.9. The fourth-order valence-corrected chi connectivity index (χ4v) is 2.61. The highest BCUT2D eigenvalue weighted by atomic mass is 16.2. The van der Waals surface area contributed by atoms with E-state index in [1.54, 1.807) is 4.68 Å². The molecule has 0 aliphatic heterocycles. The van der Waals surface area contributed by atoms with Crippen LogP contribution in [0.3, 0.4) is 0 Å². The van der Waals surface area contributed by atoms with E-state index in [0.29, 0.717) is 12.2 Å². The molecule has 0 unspecified atom stereocenters. The molecule has 0 aliphatic carbocycles. The van der Waals surface area contributed by atoms with Crippen LogP contribution in [0.15, 0.2) is 48.5 Å². The van der Waals surface area contributed by atoms with Crippen molar-refractivity contribution in [2.24, 2.45) is 0 Å². The second-order valence-electron chi connectivity index (χ2n) is 5.94. The molecule has 5 heteroatoms. The average molecular weight is 320 g/mol. The van der Waals surface area contributed by atoms with E-state index in [2.05, 4.69) is 15.6 Å². The number of aryl methyl sites for hydroxylation is 2. The summed E-state index contributed by atoms with van der Waals surface area (Å²) in [4.78, 5) is 12.5. The standard InChI is InChI=1S/C19H20N4O/c1-13-9-10-17(14(2)11-13)20-19(24)18-15(3)23(22-21-18)12-16-7-5-4-6-8-16/h4-11H,12H2,1-3H3,(H,20,24). The van der Waals surface area contributed by atoms with Crippen molar-refractivity contribution < 1.29 is 4.79 Å². The molecule has 0 atom stereocenters. The van der Waals surface area contributed by atoms with Gasteiger partial charge in [0.2, 0.25) is 0 Å². The van der Waals surface area contributed by atoms with Crippen molar-refractivity contribution in [3.8, 4) is 0 Å². The van der Waals surface area contributed by atoms with Gasteiger partial charge >= 0.3 is 0 Å². The second kappa shape index (κ2) is 6.66. The van der Waals surface area contributed by atoms with E-state index >= 15 is 0 Å². The molecule has 0 bridgehead atoms. The van der Waals surface area contributed by atoms with Gasteiger partial charge in [-0.2, -0.15) is 0 Å². The number of hydrogen-bond donors (Lipinski definition) is 1. The number of hydrogen-bond acceptors (Lipinski definition) is 3. The third kappa shape index (κ3) is 3.35. The topological polar surface area (TPSA) is 59.8 Å². The molecule has 0 spiro atoms. The van der Waals surface area contributed by atoms with Gasteiger partial charge in [0.1, 0.15) is 0 Å². The van der Waals surface area contributed by atoms with Crippen LogP contribution in [0.5, 0.6) is 0 Å². The van der Waals surface area contributed by atoms with Crippen LogP contribution < -0.4 is 5.32 Å². The highest BCUT2D eigenvalue weighted by Gasteiger charge is 2.17. The zero-order chi connectivity index (χ0) is 17.1. The van der Waals surface area contributed by atoms with Crippen LogP contribution in [0, 0.1) is 20.8 Å². The molecule has 1 N–H and O–H groups in total. The molecular weight excluding hydrogens is 300 g/mol. The summed E-state index contributed by atoms with van der Waals surface area (Å²) in [6.07, 6.45) is 0. The van der Waals surface area contributed by atoms with Crippen molar-refractivity contribution >= 4 is 11.6 Å². The maximum absolute atomic E-state index is 12.5. The number of benzene rings is 2. The molecule has 1 amide bonds. The lowest BCUT2D eigenvalue weighted by Crippen LogP contribution is -2.15. The van der Waals surface area contributed by atoms with E-state index in [9.17, 15) is 4.79 Å². The predicted molar refractivity (Wildman–Crippen MR) is 94.2 cm³/mol. The largest absolute Gasteiger partial charge is 0.320 e. The number of amides is 1. The number of aromatic nitrogens is 3. The van der Waals surface area contributed by atoms with Gasteiger partial charge in [0.05, 0.1) is 12.2 Å². The summed E-state index contributed by atoms with van der Waals surface area (Å²) < 4.78 is 1.74. The molecule has 1 aromatic heterocycles. The molecule has 0 saturated carbocycles. The molecule has 0 aliphatic rings. The van der Waals surface area contributed by atoms with Crippen LogP contribution >= 0.6 is 0 Å². The minimum absolute atomic E-state index is 0.237. The molecule has 122 valence electrons. The Hall–Kier alpha value is -2.95. The molecule has 3 rings (SSSR count). The molecule has 2 aromatic carbocycles. The maximum Gasteiger partial charge on any atom is 0.278 e. The summed E-state index contributed by atoms with van der Waals surface area (Å²) >= 11 is 0. The van der Waals surface area contributed by atoms with E-state index < -0.39 is 0 Å². The Bertz CT molecular complexity index is 868. The van der Waals surface area contributed by atoms with Crippen molar-refractivity contribution in [2.45, 2.75) is 27.3 Å². The zero-order valence-corrected chi connectivity index (χ0v) is 14.1. The first-order valence-corrected chi connectivity index (χ1v) is 7.87. The third-order valence-corrected chi connectivity index (χ3v) is 4.00. The Balaban J connectivity index is 1.78. The SMILES string of the molecule is Cc1ccc(NC(=O)c2nnn(Cc3ccccc3)c2C)c(C)c1. The Morgan fingerprint density at radius 3 is 2.54 bits per heavy atom. The van der Waals surface area contributed by atoms with Crippen LogP contribution in [0.25, 0.3) is 0 Å². The van der Waals surface area contributed by atoms with E-state index in [1.165, 1.54) is 0 Å². The lowest BCUT2D eigenvalue weighted by Gasteiger charge is -2.08. The Morgan fingerprint density at radius 2 is 1.83 bits per heavy atom. The number of nitrogens with one attached hydrogen (secondary N) is 1. The van der Waals surface area contributed by atoms with Gasteiger partial charge in [-0.15, -0.1) is 5.10 Å². The highest BCUT2D eigenvalue weighted by molar-refractivity contribution is 6.03. The fraction of sp³-hybridized carbons (Fsp3) is 0.211.